The van der Waals surface area contributed by atoms with Gasteiger partial charge in [0.05, 0.1) is 0 Å². The molecule has 0 N–H and O–H groups in total. The van der Waals surface area contributed by atoms with Crippen molar-refractivity contribution in [2.24, 2.45) is 5.41 Å². The van der Waals surface area contributed by atoms with E-state index < -0.39 is 0 Å². The first-order chi connectivity index (χ1) is 11.8. The largest absolute Gasteiger partial charge is 0.339 e. The highest BCUT2D eigenvalue weighted by Gasteiger charge is 2.27. The van der Waals surface area contributed by atoms with Gasteiger partial charge in [-0.2, -0.15) is 0 Å². The Bertz CT molecular complexity index is 779. The molecule has 0 aromatic heterocycles. The van der Waals surface area contributed by atoms with Gasteiger partial charge in [-0.3, -0.25) is 9.59 Å². The number of benzene rings is 2. The van der Waals surface area contributed by atoms with Crippen molar-refractivity contribution in [2.75, 3.05) is 26.2 Å². The van der Waals surface area contributed by atoms with Crippen LogP contribution in [0.2, 0.25) is 0 Å². The first-order valence-electron chi connectivity index (χ1n) is 8.90. The third-order valence-electron chi connectivity index (χ3n) is 4.62. The van der Waals surface area contributed by atoms with Crippen LogP contribution in [0.1, 0.15) is 37.6 Å². The van der Waals surface area contributed by atoms with Gasteiger partial charge in [-0.15, -0.1) is 0 Å². The lowest BCUT2D eigenvalue weighted by Gasteiger charge is -2.36. The molecule has 1 aliphatic heterocycles. The minimum atomic E-state index is -0.00695. The lowest BCUT2D eigenvalue weighted by Crippen LogP contribution is -2.51. The van der Waals surface area contributed by atoms with E-state index in [1.807, 2.05) is 52.3 Å². The van der Waals surface area contributed by atoms with Crippen LogP contribution in [-0.2, 0) is 4.79 Å². The number of piperazine rings is 1. The molecule has 1 aliphatic rings. The molecule has 3 rings (SSSR count). The number of hydrogen-bond donors (Lipinski definition) is 0. The lowest BCUT2D eigenvalue weighted by molar-refractivity contribution is -0.134. The molecule has 0 saturated carbocycles. The van der Waals surface area contributed by atoms with Gasteiger partial charge in [-0.05, 0) is 22.3 Å². The summed E-state index contributed by atoms with van der Waals surface area (Å²) in [5, 5.41) is 2.06. The van der Waals surface area contributed by atoms with Crippen molar-refractivity contribution < 1.29 is 9.59 Å². The number of nitrogens with zero attached hydrogens (tertiary/aromatic N) is 2. The Morgan fingerprint density at radius 1 is 0.880 bits per heavy atom. The van der Waals surface area contributed by atoms with Crippen LogP contribution in [0.25, 0.3) is 10.8 Å². The van der Waals surface area contributed by atoms with E-state index in [1.165, 1.54) is 0 Å². The Kier molecular flexibility index (Phi) is 4.80. The highest BCUT2D eigenvalue weighted by atomic mass is 16.2. The van der Waals surface area contributed by atoms with Gasteiger partial charge in [0, 0.05) is 38.2 Å². The molecule has 0 spiro atoms. The Balaban J connectivity index is 1.68. The minimum Gasteiger partial charge on any atom is -0.339 e. The summed E-state index contributed by atoms with van der Waals surface area (Å²) in [5.74, 6) is 0.240. The number of rotatable bonds is 2. The second kappa shape index (κ2) is 6.87. The molecule has 0 unspecified atom stereocenters. The molecule has 25 heavy (non-hydrogen) atoms. The van der Waals surface area contributed by atoms with Crippen LogP contribution in [0, 0.1) is 5.41 Å². The van der Waals surface area contributed by atoms with E-state index in [0.717, 1.165) is 16.3 Å². The van der Waals surface area contributed by atoms with Gasteiger partial charge in [-0.25, -0.2) is 0 Å². The fourth-order valence-electron chi connectivity index (χ4n) is 3.31. The van der Waals surface area contributed by atoms with Crippen molar-refractivity contribution in [1.29, 1.82) is 0 Å². The van der Waals surface area contributed by atoms with Gasteiger partial charge < -0.3 is 9.80 Å². The van der Waals surface area contributed by atoms with Crippen molar-refractivity contribution in [3.63, 3.8) is 0 Å². The topological polar surface area (TPSA) is 40.6 Å². The fraction of sp³-hybridized carbons (Fsp3) is 0.429. The molecule has 4 heteroatoms. The van der Waals surface area contributed by atoms with Gasteiger partial charge in [0.25, 0.3) is 5.91 Å². The molecule has 0 bridgehead atoms. The first kappa shape index (κ1) is 17.5. The highest BCUT2D eigenvalue weighted by molar-refractivity contribution is 6.07. The van der Waals surface area contributed by atoms with Gasteiger partial charge >= 0.3 is 0 Å². The van der Waals surface area contributed by atoms with Gasteiger partial charge in [0.15, 0.2) is 0 Å². The summed E-state index contributed by atoms with van der Waals surface area (Å²) in [4.78, 5) is 29.0. The average Bonchev–Trinajstić information content (AvgIpc) is 2.59. The molecule has 1 fully saturated rings. The summed E-state index contributed by atoms with van der Waals surface area (Å²) in [6.07, 6.45) is 0.546. The van der Waals surface area contributed by atoms with Crippen LogP contribution in [0.15, 0.2) is 42.5 Å². The molecule has 2 aromatic rings. The van der Waals surface area contributed by atoms with E-state index in [2.05, 4.69) is 20.8 Å². The molecule has 0 radical (unpaired) electrons. The Morgan fingerprint density at radius 2 is 1.48 bits per heavy atom. The molecular weight excluding hydrogens is 312 g/mol. The molecule has 1 saturated heterocycles. The van der Waals surface area contributed by atoms with Crippen molar-refractivity contribution in [3.8, 4) is 0 Å². The summed E-state index contributed by atoms with van der Waals surface area (Å²) < 4.78 is 0. The van der Waals surface area contributed by atoms with Gasteiger partial charge in [-0.1, -0.05) is 57.2 Å². The highest BCUT2D eigenvalue weighted by Crippen LogP contribution is 2.22. The van der Waals surface area contributed by atoms with E-state index in [4.69, 9.17) is 0 Å². The van der Waals surface area contributed by atoms with E-state index in [9.17, 15) is 9.59 Å². The zero-order valence-corrected chi connectivity index (χ0v) is 15.3. The number of carbonyl (C=O) groups is 2. The third-order valence-corrected chi connectivity index (χ3v) is 4.62. The second-order valence-electron chi connectivity index (χ2n) is 7.94. The molecular formula is C21H26N2O2. The maximum absolute atomic E-state index is 12.9. The monoisotopic (exact) mass is 338 g/mol. The summed E-state index contributed by atoms with van der Waals surface area (Å²) in [6, 6.07) is 13.8. The van der Waals surface area contributed by atoms with Crippen LogP contribution in [0.4, 0.5) is 0 Å². The molecule has 0 atom stereocenters. The van der Waals surface area contributed by atoms with E-state index in [1.54, 1.807) is 0 Å². The number of hydrogen-bond acceptors (Lipinski definition) is 2. The standard InChI is InChI=1S/C21H26N2O2/c1-21(2,3)15-19(24)22-11-13-23(14-12-22)20(25)18-10-6-8-16-7-4-5-9-17(16)18/h4-10H,11-15H2,1-3H3. The van der Waals surface area contributed by atoms with Crippen LogP contribution in [-0.4, -0.2) is 47.8 Å². The van der Waals surface area contributed by atoms with Crippen LogP contribution in [0.5, 0.6) is 0 Å². The maximum Gasteiger partial charge on any atom is 0.254 e. The number of carbonyl (C=O) groups excluding carboxylic acids is 2. The molecule has 2 aromatic carbocycles. The molecule has 132 valence electrons. The van der Waals surface area contributed by atoms with Crippen LogP contribution < -0.4 is 0 Å². The van der Waals surface area contributed by atoms with Gasteiger partial charge in [0.2, 0.25) is 5.91 Å². The minimum absolute atomic E-state index is 0.00695. The Hall–Kier alpha value is -2.36. The smallest absolute Gasteiger partial charge is 0.254 e. The summed E-state index contributed by atoms with van der Waals surface area (Å²) in [7, 11) is 0. The average molecular weight is 338 g/mol. The molecule has 0 aliphatic carbocycles. The first-order valence-corrected chi connectivity index (χ1v) is 8.90. The Labute approximate surface area is 149 Å². The van der Waals surface area contributed by atoms with Crippen molar-refractivity contribution >= 4 is 22.6 Å². The zero-order valence-electron chi connectivity index (χ0n) is 15.3. The summed E-state index contributed by atoms with van der Waals surface area (Å²) >= 11 is 0. The molecule has 4 nitrogen and oxygen atoms in total. The molecule has 2 amide bonds. The van der Waals surface area contributed by atoms with Crippen molar-refractivity contribution in [2.45, 2.75) is 27.2 Å². The van der Waals surface area contributed by atoms with E-state index >= 15 is 0 Å². The number of amides is 2. The molecule has 1 heterocycles. The quantitative estimate of drug-likeness (QED) is 0.840. The third kappa shape index (κ3) is 4.01. The number of fused-ring (bicyclic) bond motifs is 1. The summed E-state index contributed by atoms with van der Waals surface area (Å²) in [6.45, 7) is 8.65. The fourth-order valence-corrected chi connectivity index (χ4v) is 3.31. The SMILES string of the molecule is CC(C)(C)CC(=O)N1CCN(C(=O)c2cccc3ccccc23)CC1. The van der Waals surface area contributed by atoms with Crippen molar-refractivity contribution in [1.82, 2.24) is 9.80 Å². The van der Waals surface area contributed by atoms with Gasteiger partial charge in [0.1, 0.15) is 0 Å². The van der Waals surface area contributed by atoms with Crippen molar-refractivity contribution in [3.05, 3.63) is 48.0 Å². The van der Waals surface area contributed by atoms with Crippen LogP contribution in [0.3, 0.4) is 0 Å². The predicted molar refractivity (Wildman–Crippen MR) is 101 cm³/mol. The maximum atomic E-state index is 12.9. The van der Waals surface area contributed by atoms with Crippen LogP contribution >= 0.6 is 0 Å². The normalized spacial score (nSPS) is 15.5. The van der Waals surface area contributed by atoms with E-state index in [0.29, 0.717) is 32.6 Å². The second-order valence-corrected chi connectivity index (χ2v) is 7.94. The zero-order chi connectivity index (χ0) is 18.0. The Morgan fingerprint density at radius 3 is 2.16 bits per heavy atom. The van der Waals surface area contributed by atoms with E-state index in [-0.39, 0.29) is 17.2 Å². The summed E-state index contributed by atoms with van der Waals surface area (Å²) in [5.41, 5.74) is 0.736. The lowest BCUT2D eigenvalue weighted by atomic mass is 9.91. The predicted octanol–water partition coefficient (Wildman–Crippen LogP) is 3.56.